The van der Waals surface area contributed by atoms with Crippen LogP contribution in [0.15, 0.2) is 182 Å². The van der Waals surface area contributed by atoms with Crippen LogP contribution in [-0.2, 0) is 0 Å². The van der Waals surface area contributed by atoms with Gasteiger partial charge in [-0.15, -0.1) is 5.92 Å². The molecule has 12 aliphatic carbocycles. The average Bonchev–Trinajstić information content (AvgIpc) is 0.669. The van der Waals surface area contributed by atoms with Gasteiger partial charge in [-0.1, -0.05) is 277 Å². The van der Waals surface area contributed by atoms with Crippen molar-refractivity contribution in [1.29, 1.82) is 0 Å². The third-order valence-electron chi connectivity index (χ3n) is 29.3. The Morgan fingerprint density at radius 1 is 0.217 bits per heavy atom. The molecule has 8 bridgehead atoms. The second-order valence-electron chi connectivity index (χ2n) is 36.7. The van der Waals surface area contributed by atoms with Crippen LogP contribution in [0, 0.1) is 44.5 Å². The fraction of sp³-hybridized carbons (Fsp3) is 0.379. The summed E-state index contributed by atoms with van der Waals surface area (Å²) >= 11 is 0. The van der Waals surface area contributed by atoms with Gasteiger partial charge in [-0.2, -0.15) is 0 Å². The molecule has 4 nitrogen and oxygen atoms in total. The molecule has 0 amide bonds. The maximum Gasteiger partial charge on any atom is 0.119 e. The van der Waals surface area contributed by atoms with E-state index >= 15 is 0 Å². The zero-order chi connectivity index (χ0) is 81.2. The number of fused-ring (bicyclic) bond motifs is 2. The molecular formula is C116H118O4. The SMILES string of the molecule is CC#Cc1c2cc3c(cc2c(C#Cc2cc(C)c(C)cc2C)c2cc4c(cc12)C1c2cc5c(cc2C4c2cc4c(cc21)C1c2ccc(OCCCCCCCC)cc2C4c2ccc(OCCCCCCCC)cc21)C1c2ccc(OCCCCCCCC)cc2C5c2ccc(OCCCCCCCC)cc21)C1c2ccccc2C3c2ccccc21. The summed E-state index contributed by atoms with van der Waals surface area (Å²) in [6, 6.07) is 73.4. The molecule has 4 atom stereocenters. The molecule has 0 spiro atoms. The lowest BCUT2D eigenvalue weighted by Crippen LogP contribution is -2.33. The van der Waals surface area contributed by atoms with Gasteiger partial charge in [0.1, 0.15) is 23.0 Å². The van der Waals surface area contributed by atoms with Crippen LogP contribution < -0.4 is 18.9 Å². The van der Waals surface area contributed by atoms with Crippen molar-refractivity contribution in [3.05, 3.63) is 349 Å². The van der Waals surface area contributed by atoms with Crippen molar-refractivity contribution >= 4 is 21.5 Å². The zero-order valence-corrected chi connectivity index (χ0v) is 72.4. The van der Waals surface area contributed by atoms with E-state index in [0.717, 1.165) is 91.8 Å². The summed E-state index contributed by atoms with van der Waals surface area (Å²) in [5.74, 6) is 19.5. The van der Waals surface area contributed by atoms with Crippen LogP contribution in [0.4, 0.5) is 0 Å². The third kappa shape index (κ3) is 13.6. The van der Waals surface area contributed by atoms with Gasteiger partial charge in [0.05, 0.1) is 26.4 Å². The fourth-order valence-corrected chi connectivity index (χ4v) is 23.3. The second-order valence-corrected chi connectivity index (χ2v) is 36.7. The molecule has 0 fully saturated rings. The number of rotatable bonds is 32. The van der Waals surface area contributed by atoms with Crippen molar-refractivity contribution in [2.24, 2.45) is 0 Å². The summed E-state index contributed by atoms with van der Waals surface area (Å²) in [7, 11) is 0. The molecule has 120 heavy (non-hydrogen) atoms. The minimum atomic E-state index is -0.102. The predicted molar refractivity (Wildman–Crippen MR) is 495 cm³/mol. The summed E-state index contributed by atoms with van der Waals surface area (Å²) in [5, 5.41) is 4.72. The molecule has 24 rings (SSSR count). The van der Waals surface area contributed by atoms with Crippen molar-refractivity contribution in [3.63, 3.8) is 0 Å². The summed E-state index contributed by atoms with van der Waals surface area (Å²) in [6.45, 7) is 20.9. The lowest BCUT2D eigenvalue weighted by atomic mass is 9.54. The van der Waals surface area contributed by atoms with Gasteiger partial charge in [0, 0.05) is 64.0 Å². The Labute approximate surface area is 714 Å². The van der Waals surface area contributed by atoms with Crippen LogP contribution >= 0.6 is 0 Å². The number of ether oxygens (including phenoxy) is 4. The zero-order valence-electron chi connectivity index (χ0n) is 72.4. The lowest BCUT2D eigenvalue weighted by Gasteiger charge is -2.48. The second kappa shape index (κ2) is 33.5. The van der Waals surface area contributed by atoms with Gasteiger partial charge in [-0.05, 0) is 304 Å². The molecule has 0 N–H and O–H groups in total. The smallest absolute Gasteiger partial charge is 0.119 e. The Morgan fingerprint density at radius 2 is 0.450 bits per heavy atom. The minimum Gasteiger partial charge on any atom is -0.494 e. The van der Waals surface area contributed by atoms with E-state index in [1.54, 1.807) is 0 Å². The highest BCUT2D eigenvalue weighted by atomic mass is 16.5. The third-order valence-corrected chi connectivity index (χ3v) is 29.3. The first-order valence-corrected chi connectivity index (χ1v) is 46.9. The summed E-state index contributed by atoms with van der Waals surface area (Å²) in [5.41, 5.74) is 40.7. The van der Waals surface area contributed by atoms with Crippen molar-refractivity contribution in [2.45, 2.75) is 257 Å². The van der Waals surface area contributed by atoms with Gasteiger partial charge in [0.2, 0.25) is 0 Å². The van der Waals surface area contributed by atoms with E-state index in [-0.39, 0.29) is 47.3 Å². The fourth-order valence-electron chi connectivity index (χ4n) is 23.3. The molecule has 0 heterocycles. The van der Waals surface area contributed by atoms with E-state index in [9.17, 15) is 0 Å². The first kappa shape index (κ1) is 78.0. The average molecular weight is 1580 g/mol. The monoisotopic (exact) mass is 1570 g/mol. The maximum absolute atomic E-state index is 6.84. The Morgan fingerprint density at radius 3 is 0.742 bits per heavy atom. The van der Waals surface area contributed by atoms with E-state index in [1.807, 2.05) is 6.92 Å². The van der Waals surface area contributed by atoms with E-state index in [1.165, 1.54) is 300 Å². The molecule has 0 saturated heterocycles. The number of unbranched alkanes of at least 4 members (excludes halogenated alkanes) is 20. The topological polar surface area (TPSA) is 36.9 Å². The minimum absolute atomic E-state index is 0.00308. The van der Waals surface area contributed by atoms with E-state index in [4.69, 9.17) is 18.9 Å². The van der Waals surface area contributed by atoms with E-state index in [2.05, 4.69) is 254 Å². The van der Waals surface area contributed by atoms with Crippen LogP contribution in [0.25, 0.3) is 21.5 Å². The van der Waals surface area contributed by atoms with Crippen molar-refractivity contribution in [2.75, 3.05) is 26.4 Å². The highest BCUT2D eigenvalue weighted by Crippen LogP contribution is 2.66. The highest BCUT2D eigenvalue weighted by molar-refractivity contribution is 6.11. The first-order valence-electron chi connectivity index (χ1n) is 46.9. The summed E-state index contributed by atoms with van der Waals surface area (Å²) in [4.78, 5) is 0. The molecule has 0 radical (unpaired) electrons. The van der Waals surface area contributed by atoms with Gasteiger partial charge in [0.25, 0.3) is 0 Å². The van der Waals surface area contributed by atoms with Crippen LogP contribution in [0.3, 0.4) is 0 Å². The molecule has 0 aromatic heterocycles. The number of benzene rings is 12. The van der Waals surface area contributed by atoms with E-state index in [0.29, 0.717) is 0 Å². The standard InChI is InChI=1S/C116H118O4/c1-9-14-18-22-26-34-53-117-75-46-51-87-93(59-75)111-85-49-44-77(119-55-36-28-24-20-16-11-3)61-95(85)113(87)103-69-107-105(67-101(103)111)115-99-64-90-79(38-13-5)89-63-97-98(110-83-41-32-30-39-81(83)109(97)82-40-31-33-42-84(82)110)65-91(89)80(48-43-74-58-72(7)71(6)57-73(74)8)92(90)66-100(99)116(107)108-70-104-102(68-106(108)115)112-86-50-45-78(120-56-37-29-25-21-17-12-4)62-96(86)114(104)88-52-47-76(60-94(88)112)118-54-35-27-23-19-15-10-2/h30-33,39-42,44-47,49-52,57-70,109-116H,9-12,14-29,34-37,53-56H2,1-8H3. The Kier molecular flexibility index (Phi) is 21.8. The Hall–Kier alpha value is -10.5. The van der Waals surface area contributed by atoms with Crippen LogP contribution in [0.5, 0.6) is 23.0 Å². The van der Waals surface area contributed by atoms with Crippen molar-refractivity contribution < 1.29 is 18.9 Å². The molecular weight excluding hydrogens is 1460 g/mol. The van der Waals surface area contributed by atoms with Gasteiger partial charge in [-0.3, -0.25) is 0 Å². The Bertz CT molecular complexity index is 5900. The van der Waals surface area contributed by atoms with Crippen LogP contribution in [0.1, 0.15) is 403 Å². The van der Waals surface area contributed by atoms with Gasteiger partial charge < -0.3 is 18.9 Å². The van der Waals surface area contributed by atoms with Crippen molar-refractivity contribution in [1.82, 2.24) is 0 Å². The molecule has 12 aromatic rings. The largest absolute Gasteiger partial charge is 0.494 e. The number of hydrogen-bond donors (Lipinski definition) is 0. The predicted octanol–water partition coefficient (Wildman–Crippen LogP) is 29.6. The molecule has 4 unspecified atom stereocenters. The summed E-state index contributed by atoms with van der Waals surface area (Å²) in [6.07, 6.45) is 29.5. The van der Waals surface area contributed by atoms with Crippen LogP contribution in [0.2, 0.25) is 0 Å². The van der Waals surface area contributed by atoms with Crippen LogP contribution in [-0.4, -0.2) is 26.4 Å². The molecule has 12 aliphatic rings. The molecule has 0 saturated carbocycles. The van der Waals surface area contributed by atoms with E-state index < -0.39 is 0 Å². The normalized spacial score (nSPS) is 18.3. The lowest BCUT2D eigenvalue weighted by molar-refractivity contribution is 0.303. The maximum atomic E-state index is 6.84. The highest BCUT2D eigenvalue weighted by Gasteiger charge is 2.51. The number of aryl methyl sites for hydroxylation is 3. The quantitative estimate of drug-likeness (QED) is 0.0239. The molecule has 0 aliphatic heterocycles. The number of hydrogen-bond acceptors (Lipinski definition) is 4. The van der Waals surface area contributed by atoms with Crippen molar-refractivity contribution in [3.8, 4) is 46.7 Å². The Balaban J connectivity index is 0.792. The summed E-state index contributed by atoms with van der Waals surface area (Å²) < 4.78 is 27.3. The van der Waals surface area contributed by atoms with Gasteiger partial charge >= 0.3 is 0 Å². The molecule has 12 aromatic carbocycles. The molecule has 4 heteroatoms. The van der Waals surface area contributed by atoms with Gasteiger partial charge in [0.15, 0.2) is 0 Å². The van der Waals surface area contributed by atoms with Gasteiger partial charge in [-0.25, -0.2) is 0 Å². The first-order chi connectivity index (χ1) is 59.1. The molecule has 606 valence electrons.